The minimum atomic E-state index is 0.758. The van der Waals surface area contributed by atoms with Crippen LogP contribution in [0.1, 0.15) is 64.2 Å². The molecule has 2 saturated carbocycles. The van der Waals surface area contributed by atoms with Crippen LogP contribution in [0.2, 0.25) is 0 Å². The van der Waals surface area contributed by atoms with Gasteiger partial charge in [0.05, 0.1) is 0 Å². The maximum absolute atomic E-state index is 3.75. The van der Waals surface area contributed by atoms with Crippen molar-refractivity contribution in [3.8, 4) is 0 Å². The summed E-state index contributed by atoms with van der Waals surface area (Å²) in [5.41, 5.74) is 0.758. The first-order valence-corrected chi connectivity index (χ1v) is 10.6. The van der Waals surface area contributed by atoms with E-state index in [1.165, 1.54) is 57.1 Å². The largest absolute Gasteiger partial charge is 0.165 e. The second-order valence-electron chi connectivity index (χ2n) is 7.21. The van der Waals surface area contributed by atoms with Gasteiger partial charge >= 0.3 is 0 Å². The highest BCUT2D eigenvalue weighted by Gasteiger charge is 2.53. The average Bonchev–Trinajstić information content (AvgIpc) is 2.73. The highest BCUT2D eigenvalue weighted by molar-refractivity contribution is 7.98. The number of hydrogen-bond donors (Lipinski definition) is 0. The van der Waals surface area contributed by atoms with Gasteiger partial charge in [-0.1, -0.05) is 30.4 Å². The Labute approximate surface area is 142 Å². The molecule has 0 N–H and O–H groups in total. The van der Waals surface area contributed by atoms with Gasteiger partial charge in [0.1, 0.15) is 0 Å². The van der Waals surface area contributed by atoms with Gasteiger partial charge in [0, 0.05) is 0 Å². The van der Waals surface area contributed by atoms with Crippen LogP contribution in [0.3, 0.4) is 0 Å². The molecule has 0 aromatic rings. The molecule has 0 aliphatic heterocycles. The second-order valence-corrected chi connectivity index (χ2v) is 8.08. The van der Waals surface area contributed by atoms with Crippen molar-refractivity contribution in [1.29, 1.82) is 0 Å². The third kappa shape index (κ3) is 4.78. The molecule has 22 heavy (non-hydrogen) atoms. The molecule has 2 fully saturated rings. The number of fused-ring (bicyclic) bond motifs is 1. The van der Waals surface area contributed by atoms with E-state index in [2.05, 4.69) is 48.9 Å². The highest BCUT2D eigenvalue weighted by Crippen LogP contribution is 2.61. The Hall–Kier alpha value is -0.430. The van der Waals surface area contributed by atoms with Crippen LogP contribution in [0, 0.1) is 17.3 Å². The van der Waals surface area contributed by atoms with Crippen LogP contribution in [0.5, 0.6) is 0 Å². The van der Waals surface area contributed by atoms with E-state index in [9.17, 15) is 0 Å². The summed E-state index contributed by atoms with van der Waals surface area (Å²) in [7, 11) is 0. The molecule has 124 valence electrons. The molecule has 0 saturated heterocycles. The first kappa shape index (κ1) is 17.9. The molecule has 2 aliphatic carbocycles. The number of allylic oxidation sites excluding steroid dienone is 5. The van der Waals surface area contributed by atoms with Gasteiger partial charge in [-0.05, 0) is 93.5 Å². The van der Waals surface area contributed by atoms with Crippen molar-refractivity contribution < 1.29 is 0 Å². The van der Waals surface area contributed by atoms with Gasteiger partial charge in [-0.2, -0.15) is 11.8 Å². The van der Waals surface area contributed by atoms with Crippen molar-refractivity contribution in [2.45, 2.75) is 64.2 Å². The van der Waals surface area contributed by atoms with Gasteiger partial charge in [0.2, 0.25) is 0 Å². The van der Waals surface area contributed by atoms with Gasteiger partial charge in [-0.25, -0.2) is 0 Å². The Balaban J connectivity index is 1.55. The van der Waals surface area contributed by atoms with Crippen molar-refractivity contribution >= 4 is 11.8 Å². The number of rotatable bonds is 11. The summed E-state index contributed by atoms with van der Waals surface area (Å²) in [6, 6.07) is 0. The molecule has 0 aromatic heterocycles. The normalized spacial score (nSPS) is 30.8. The molecule has 0 spiro atoms. The molecule has 2 aliphatic rings. The maximum Gasteiger partial charge on any atom is -0.00108 e. The first-order chi connectivity index (χ1) is 10.8. The maximum atomic E-state index is 3.75. The van der Waals surface area contributed by atoms with E-state index in [4.69, 9.17) is 0 Å². The Kier molecular flexibility index (Phi) is 7.86. The monoisotopic (exact) mass is 318 g/mol. The van der Waals surface area contributed by atoms with Crippen LogP contribution in [-0.4, -0.2) is 12.0 Å². The van der Waals surface area contributed by atoms with Crippen molar-refractivity contribution in [2.24, 2.45) is 17.3 Å². The predicted molar refractivity (Wildman–Crippen MR) is 102 cm³/mol. The molecule has 3 atom stereocenters. The highest BCUT2D eigenvalue weighted by atomic mass is 32.2. The SMILES string of the molecule is C=CCC/C=C\CCC/C=C\CC1CCC2(CSC)CCC12. The van der Waals surface area contributed by atoms with Crippen LogP contribution in [0.15, 0.2) is 37.0 Å². The van der Waals surface area contributed by atoms with Crippen LogP contribution in [0.4, 0.5) is 0 Å². The van der Waals surface area contributed by atoms with E-state index in [1.54, 1.807) is 0 Å². The van der Waals surface area contributed by atoms with Gasteiger partial charge < -0.3 is 0 Å². The van der Waals surface area contributed by atoms with Crippen LogP contribution < -0.4 is 0 Å². The van der Waals surface area contributed by atoms with E-state index in [1.807, 2.05) is 6.08 Å². The van der Waals surface area contributed by atoms with Crippen LogP contribution in [0.25, 0.3) is 0 Å². The van der Waals surface area contributed by atoms with E-state index >= 15 is 0 Å². The molecule has 1 heteroatoms. The molecule has 2 rings (SSSR count). The van der Waals surface area contributed by atoms with Crippen molar-refractivity contribution in [2.75, 3.05) is 12.0 Å². The molecule has 0 heterocycles. The van der Waals surface area contributed by atoms with Gasteiger partial charge in [-0.15, -0.1) is 6.58 Å². The van der Waals surface area contributed by atoms with Crippen LogP contribution in [-0.2, 0) is 0 Å². The quantitative estimate of drug-likeness (QED) is 0.298. The van der Waals surface area contributed by atoms with Crippen LogP contribution >= 0.6 is 11.8 Å². The summed E-state index contributed by atoms with van der Waals surface area (Å²) in [5.74, 6) is 3.46. The average molecular weight is 319 g/mol. The summed E-state index contributed by atoms with van der Waals surface area (Å²) >= 11 is 2.07. The number of thioether (sulfide) groups is 1. The Bertz CT molecular complexity index is 381. The fourth-order valence-electron chi connectivity index (χ4n) is 4.45. The molecular formula is C21H34S. The molecule has 0 bridgehead atoms. The Morgan fingerprint density at radius 2 is 1.73 bits per heavy atom. The fourth-order valence-corrected chi connectivity index (χ4v) is 5.53. The third-order valence-corrected chi connectivity index (χ3v) is 6.67. The summed E-state index contributed by atoms with van der Waals surface area (Å²) in [5, 5.41) is 0. The lowest BCUT2D eigenvalue weighted by atomic mass is 9.61. The number of hydrogen-bond acceptors (Lipinski definition) is 1. The molecule has 0 radical (unpaired) electrons. The van der Waals surface area contributed by atoms with E-state index in [-0.39, 0.29) is 0 Å². The van der Waals surface area contributed by atoms with Crippen molar-refractivity contribution in [3.63, 3.8) is 0 Å². The Morgan fingerprint density at radius 3 is 2.41 bits per heavy atom. The first-order valence-electron chi connectivity index (χ1n) is 9.22. The summed E-state index contributed by atoms with van der Waals surface area (Å²) < 4.78 is 0. The smallest absolute Gasteiger partial charge is 0.00108 e. The summed E-state index contributed by atoms with van der Waals surface area (Å²) in [6.45, 7) is 3.75. The minimum Gasteiger partial charge on any atom is -0.165 e. The molecule has 0 amide bonds. The molecule has 3 unspecified atom stereocenters. The predicted octanol–water partition coefficient (Wildman–Crippen LogP) is 6.79. The second kappa shape index (κ2) is 9.65. The lowest BCUT2D eigenvalue weighted by Gasteiger charge is -2.47. The lowest BCUT2D eigenvalue weighted by molar-refractivity contribution is 0.0657. The molecule has 0 nitrogen and oxygen atoms in total. The third-order valence-electron chi connectivity index (χ3n) is 5.80. The zero-order valence-corrected chi connectivity index (χ0v) is 15.3. The number of unbranched alkanes of at least 4 members (excludes halogenated alkanes) is 3. The van der Waals surface area contributed by atoms with Crippen molar-refractivity contribution in [1.82, 2.24) is 0 Å². The van der Waals surface area contributed by atoms with Gasteiger partial charge in [0.15, 0.2) is 0 Å². The van der Waals surface area contributed by atoms with E-state index in [0.717, 1.165) is 30.1 Å². The zero-order chi connectivity index (χ0) is 15.7. The minimum absolute atomic E-state index is 0.758. The van der Waals surface area contributed by atoms with E-state index in [0.29, 0.717) is 0 Å². The summed E-state index contributed by atoms with van der Waals surface area (Å²) in [4.78, 5) is 0. The Morgan fingerprint density at radius 1 is 1.00 bits per heavy atom. The fraction of sp³-hybridized carbons (Fsp3) is 0.714. The topological polar surface area (TPSA) is 0 Å². The lowest BCUT2D eigenvalue weighted by Crippen LogP contribution is -2.40. The van der Waals surface area contributed by atoms with E-state index < -0.39 is 0 Å². The molecular weight excluding hydrogens is 284 g/mol. The van der Waals surface area contributed by atoms with Gasteiger partial charge in [0.25, 0.3) is 0 Å². The van der Waals surface area contributed by atoms with Gasteiger partial charge in [-0.3, -0.25) is 0 Å². The molecule has 0 aromatic carbocycles. The summed E-state index contributed by atoms with van der Waals surface area (Å²) in [6.07, 6.45) is 27.2. The standard InChI is InChI=1S/C21H34S/c1-3-4-5-6-7-8-9-10-11-12-13-19-14-16-21(18-22-2)17-15-20(19)21/h3,6-7,11-12,19-20H,1,4-5,8-10,13-18H2,2H3/b7-6-,12-11-. The van der Waals surface area contributed by atoms with Crippen molar-refractivity contribution in [3.05, 3.63) is 37.0 Å². The zero-order valence-electron chi connectivity index (χ0n) is 14.4.